The average Bonchev–Trinajstić information content (AvgIpc) is 2.39. The molecule has 0 fully saturated rings. The number of rotatable bonds is 4. The van der Waals surface area contributed by atoms with E-state index in [1.807, 2.05) is 54.6 Å². The summed E-state index contributed by atoms with van der Waals surface area (Å²) in [7, 11) is 0. The molecule has 0 bridgehead atoms. The van der Waals surface area contributed by atoms with Crippen molar-refractivity contribution in [3.63, 3.8) is 0 Å². The summed E-state index contributed by atoms with van der Waals surface area (Å²) in [6.45, 7) is 0. The molecule has 4 heteroatoms. The van der Waals surface area contributed by atoms with Gasteiger partial charge in [-0.3, -0.25) is 0 Å². The van der Waals surface area contributed by atoms with Crippen LogP contribution in [0, 0.1) is 0 Å². The molecule has 0 aliphatic rings. The van der Waals surface area contributed by atoms with Gasteiger partial charge in [0.25, 0.3) is 0 Å². The highest BCUT2D eigenvalue weighted by Gasteiger charge is 2.18. The van der Waals surface area contributed by atoms with E-state index in [0.717, 1.165) is 15.6 Å². The van der Waals surface area contributed by atoms with Gasteiger partial charge in [0, 0.05) is 10.9 Å². The van der Waals surface area contributed by atoms with Crippen LogP contribution in [0.4, 0.5) is 0 Å². The molecule has 19 heavy (non-hydrogen) atoms. The fourth-order valence-electron chi connectivity index (χ4n) is 1.94. The summed E-state index contributed by atoms with van der Waals surface area (Å²) in [5.74, 6) is 0. The van der Waals surface area contributed by atoms with Crippen LogP contribution >= 0.6 is 28.3 Å². The maximum Gasteiger partial charge on any atom is 0.0773 e. The van der Waals surface area contributed by atoms with Crippen LogP contribution in [0.1, 0.15) is 17.2 Å². The van der Waals surface area contributed by atoms with Crippen LogP contribution in [-0.4, -0.2) is 11.2 Å². The maximum absolute atomic E-state index is 10.2. The van der Waals surface area contributed by atoms with Crippen molar-refractivity contribution in [3.8, 4) is 0 Å². The van der Waals surface area contributed by atoms with Crippen molar-refractivity contribution in [1.29, 1.82) is 0 Å². The Morgan fingerprint density at radius 1 is 1.00 bits per heavy atom. The van der Waals surface area contributed by atoms with Crippen LogP contribution in [0.15, 0.2) is 59.1 Å². The van der Waals surface area contributed by atoms with E-state index >= 15 is 0 Å². The van der Waals surface area contributed by atoms with E-state index in [9.17, 15) is 5.11 Å². The standard InChI is InChI=1S/C15H16BrNO.ClH/c16-13-9-5-4-8-12(13)15(17)14(18)10-11-6-2-1-3-7-11;/h1-9,14-15,18H,10,17H2;1H/t14-,15+;/m0./s1. The van der Waals surface area contributed by atoms with Crippen LogP contribution in [0.25, 0.3) is 0 Å². The van der Waals surface area contributed by atoms with Crippen molar-refractivity contribution in [2.24, 2.45) is 5.73 Å². The highest BCUT2D eigenvalue weighted by molar-refractivity contribution is 9.10. The Morgan fingerprint density at radius 2 is 1.58 bits per heavy atom. The van der Waals surface area contributed by atoms with E-state index in [4.69, 9.17) is 5.73 Å². The molecule has 0 spiro atoms. The van der Waals surface area contributed by atoms with Crippen molar-refractivity contribution >= 4 is 28.3 Å². The normalized spacial score (nSPS) is 13.4. The second-order valence-electron chi connectivity index (χ2n) is 4.30. The minimum atomic E-state index is -0.592. The van der Waals surface area contributed by atoms with Crippen LogP contribution < -0.4 is 5.73 Å². The van der Waals surface area contributed by atoms with Gasteiger partial charge in [-0.05, 0) is 17.2 Å². The van der Waals surface area contributed by atoms with E-state index in [1.54, 1.807) is 0 Å². The molecule has 0 unspecified atom stereocenters. The van der Waals surface area contributed by atoms with Crippen molar-refractivity contribution in [3.05, 3.63) is 70.2 Å². The number of nitrogens with two attached hydrogens (primary N) is 1. The molecule has 3 N–H and O–H groups in total. The fourth-order valence-corrected chi connectivity index (χ4v) is 2.48. The summed E-state index contributed by atoms with van der Waals surface area (Å²) < 4.78 is 0.935. The first-order valence-corrected chi connectivity index (χ1v) is 6.70. The Hall–Kier alpha value is -0.870. The van der Waals surface area contributed by atoms with Gasteiger partial charge in [0.15, 0.2) is 0 Å². The third kappa shape index (κ3) is 4.32. The highest BCUT2D eigenvalue weighted by Crippen LogP contribution is 2.25. The lowest BCUT2D eigenvalue weighted by atomic mass is 9.97. The molecule has 2 aromatic carbocycles. The fraction of sp³-hybridized carbons (Fsp3) is 0.200. The first kappa shape index (κ1) is 16.2. The Balaban J connectivity index is 0.00000180. The SMILES string of the molecule is Cl.N[C@H](c1ccccc1Br)[C@@H](O)Cc1ccccc1. The zero-order valence-electron chi connectivity index (χ0n) is 10.4. The lowest BCUT2D eigenvalue weighted by Crippen LogP contribution is -2.28. The summed E-state index contributed by atoms with van der Waals surface area (Å²) in [5.41, 5.74) is 8.13. The van der Waals surface area contributed by atoms with Gasteiger partial charge in [0.2, 0.25) is 0 Å². The minimum absolute atomic E-state index is 0. The van der Waals surface area contributed by atoms with Crippen LogP contribution in [0.2, 0.25) is 0 Å². The molecule has 2 nitrogen and oxygen atoms in total. The van der Waals surface area contributed by atoms with Gasteiger partial charge in [-0.15, -0.1) is 12.4 Å². The summed E-state index contributed by atoms with van der Waals surface area (Å²) in [6.07, 6.45) is -0.0327. The topological polar surface area (TPSA) is 46.2 Å². The molecule has 2 rings (SSSR count). The van der Waals surface area contributed by atoms with Crippen molar-refractivity contribution in [1.82, 2.24) is 0 Å². The summed E-state index contributed by atoms with van der Waals surface area (Å²) >= 11 is 3.46. The number of hydrogen-bond donors (Lipinski definition) is 2. The van der Waals surface area contributed by atoms with Gasteiger partial charge in [-0.25, -0.2) is 0 Å². The van der Waals surface area contributed by atoms with E-state index in [1.165, 1.54) is 0 Å². The molecule has 2 atom stereocenters. The lowest BCUT2D eigenvalue weighted by molar-refractivity contribution is 0.145. The molecule has 102 valence electrons. The van der Waals surface area contributed by atoms with Crippen molar-refractivity contribution in [2.75, 3.05) is 0 Å². The Morgan fingerprint density at radius 3 is 2.21 bits per heavy atom. The van der Waals surface area contributed by atoms with E-state index in [-0.39, 0.29) is 18.4 Å². The Bertz CT molecular complexity index is 507. The predicted molar refractivity (Wildman–Crippen MR) is 84.5 cm³/mol. The van der Waals surface area contributed by atoms with Gasteiger partial charge in [0.05, 0.1) is 12.1 Å². The number of halogens is 2. The van der Waals surface area contributed by atoms with Gasteiger partial charge in [-0.2, -0.15) is 0 Å². The number of hydrogen-bond acceptors (Lipinski definition) is 2. The molecule has 0 saturated heterocycles. The predicted octanol–water partition coefficient (Wildman–Crippen LogP) is 3.47. The first-order chi connectivity index (χ1) is 8.68. The van der Waals surface area contributed by atoms with Crippen LogP contribution in [0.3, 0.4) is 0 Å². The number of aliphatic hydroxyl groups is 1. The lowest BCUT2D eigenvalue weighted by Gasteiger charge is -2.20. The molecule has 0 aliphatic heterocycles. The molecule has 0 amide bonds. The summed E-state index contributed by atoms with van der Waals surface area (Å²) in [4.78, 5) is 0. The number of aliphatic hydroxyl groups excluding tert-OH is 1. The van der Waals surface area contributed by atoms with Gasteiger partial charge < -0.3 is 10.8 Å². The van der Waals surface area contributed by atoms with Crippen LogP contribution in [0.5, 0.6) is 0 Å². The van der Waals surface area contributed by atoms with E-state index in [0.29, 0.717) is 6.42 Å². The van der Waals surface area contributed by atoms with Gasteiger partial charge >= 0.3 is 0 Å². The maximum atomic E-state index is 10.2. The van der Waals surface area contributed by atoms with Gasteiger partial charge in [-0.1, -0.05) is 64.5 Å². The Kier molecular flexibility index (Phi) is 6.52. The molecular weight excluding hydrogens is 326 g/mol. The molecular formula is C15H17BrClNO. The first-order valence-electron chi connectivity index (χ1n) is 5.90. The zero-order chi connectivity index (χ0) is 13.0. The smallest absolute Gasteiger partial charge is 0.0773 e. The molecule has 0 saturated carbocycles. The molecule has 0 heterocycles. The second-order valence-corrected chi connectivity index (χ2v) is 5.16. The second kappa shape index (κ2) is 7.65. The average molecular weight is 343 g/mol. The zero-order valence-corrected chi connectivity index (χ0v) is 12.8. The highest BCUT2D eigenvalue weighted by atomic mass is 79.9. The molecule has 0 aromatic heterocycles. The van der Waals surface area contributed by atoms with Crippen molar-refractivity contribution in [2.45, 2.75) is 18.6 Å². The molecule has 0 radical (unpaired) electrons. The largest absolute Gasteiger partial charge is 0.391 e. The van der Waals surface area contributed by atoms with E-state index < -0.39 is 6.10 Å². The Labute approximate surface area is 128 Å². The van der Waals surface area contributed by atoms with Crippen molar-refractivity contribution < 1.29 is 5.11 Å². The van der Waals surface area contributed by atoms with Crippen LogP contribution in [-0.2, 0) is 6.42 Å². The monoisotopic (exact) mass is 341 g/mol. The number of benzene rings is 2. The summed E-state index contributed by atoms with van der Waals surface area (Å²) in [5, 5.41) is 10.2. The molecule has 0 aliphatic carbocycles. The molecule has 2 aromatic rings. The van der Waals surface area contributed by atoms with E-state index in [2.05, 4.69) is 15.9 Å². The quantitative estimate of drug-likeness (QED) is 0.893. The summed E-state index contributed by atoms with van der Waals surface area (Å²) in [6, 6.07) is 17.2. The van der Waals surface area contributed by atoms with Gasteiger partial charge in [0.1, 0.15) is 0 Å². The minimum Gasteiger partial charge on any atom is -0.391 e. The third-order valence-electron chi connectivity index (χ3n) is 2.97. The third-order valence-corrected chi connectivity index (χ3v) is 3.69.